The number of hydrogen-bond acceptors (Lipinski definition) is 3. The van der Waals surface area contributed by atoms with Crippen LogP contribution in [0.3, 0.4) is 0 Å². The van der Waals surface area contributed by atoms with Crippen LogP contribution in [0.25, 0.3) is 0 Å². The zero-order valence-electron chi connectivity index (χ0n) is 8.95. The van der Waals surface area contributed by atoms with Crippen LogP contribution in [-0.4, -0.2) is 27.9 Å². The molecule has 0 aromatic carbocycles. The van der Waals surface area contributed by atoms with Gasteiger partial charge in [0, 0.05) is 18.3 Å². The maximum absolute atomic E-state index is 11.3. The molecule has 86 valence electrons. The van der Waals surface area contributed by atoms with Gasteiger partial charge in [-0.05, 0) is 19.8 Å². The second kappa shape index (κ2) is 5.48. The van der Waals surface area contributed by atoms with E-state index in [1.807, 2.05) is 0 Å². The average Bonchev–Trinajstić information content (AvgIpc) is 2.11. The van der Waals surface area contributed by atoms with Crippen LogP contribution in [0.15, 0.2) is 0 Å². The number of rotatable bonds is 7. The zero-order chi connectivity index (χ0) is 12.1. The minimum Gasteiger partial charge on any atom is -0.481 e. The zero-order valence-corrected chi connectivity index (χ0v) is 8.95. The number of aliphatic carboxylic acids is 2. The van der Waals surface area contributed by atoms with Gasteiger partial charge in [-0.2, -0.15) is 0 Å². The van der Waals surface area contributed by atoms with E-state index in [-0.39, 0.29) is 31.5 Å². The summed E-state index contributed by atoms with van der Waals surface area (Å²) in [6.45, 7) is 2.98. The van der Waals surface area contributed by atoms with Gasteiger partial charge in [-0.1, -0.05) is 6.92 Å². The first-order chi connectivity index (χ1) is 6.78. The van der Waals surface area contributed by atoms with Gasteiger partial charge in [0.2, 0.25) is 0 Å². The molecule has 0 spiro atoms. The molecule has 0 amide bonds. The molecule has 2 N–H and O–H groups in total. The van der Waals surface area contributed by atoms with Crippen LogP contribution in [0.1, 0.15) is 39.5 Å². The largest absolute Gasteiger partial charge is 0.481 e. The summed E-state index contributed by atoms with van der Waals surface area (Å²) in [5, 5.41) is 17.0. The smallest absolute Gasteiger partial charge is 0.303 e. The highest BCUT2D eigenvalue weighted by Crippen LogP contribution is 2.30. The number of carboxylic acid groups (broad SMARTS) is 2. The van der Waals surface area contributed by atoms with Gasteiger partial charge in [-0.3, -0.25) is 14.4 Å². The van der Waals surface area contributed by atoms with Crippen LogP contribution in [0.5, 0.6) is 0 Å². The van der Waals surface area contributed by atoms with Crippen molar-refractivity contribution < 1.29 is 24.6 Å². The van der Waals surface area contributed by atoms with Gasteiger partial charge < -0.3 is 10.2 Å². The van der Waals surface area contributed by atoms with Crippen LogP contribution in [0.2, 0.25) is 0 Å². The Morgan fingerprint density at radius 2 is 1.33 bits per heavy atom. The van der Waals surface area contributed by atoms with Crippen molar-refractivity contribution in [3.63, 3.8) is 0 Å². The molecule has 0 fully saturated rings. The van der Waals surface area contributed by atoms with Crippen LogP contribution < -0.4 is 0 Å². The highest BCUT2D eigenvalue weighted by Gasteiger charge is 2.30. The van der Waals surface area contributed by atoms with E-state index in [9.17, 15) is 14.4 Å². The van der Waals surface area contributed by atoms with E-state index in [0.29, 0.717) is 0 Å². The lowest BCUT2D eigenvalue weighted by molar-refractivity contribution is -0.138. The first-order valence-corrected chi connectivity index (χ1v) is 4.72. The first-order valence-electron chi connectivity index (χ1n) is 4.72. The van der Waals surface area contributed by atoms with Gasteiger partial charge in [0.05, 0.1) is 0 Å². The molecular formula is C10H16O5. The Labute approximate surface area is 88.1 Å². The Hall–Kier alpha value is -1.39. The van der Waals surface area contributed by atoms with Gasteiger partial charge >= 0.3 is 11.9 Å². The maximum atomic E-state index is 11.3. The predicted molar refractivity (Wildman–Crippen MR) is 52.5 cm³/mol. The molecule has 0 aliphatic heterocycles. The Morgan fingerprint density at radius 3 is 1.53 bits per heavy atom. The monoisotopic (exact) mass is 216 g/mol. The molecule has 0 radical (unpaired) electrons. The fourth-order valence-electron chi connectivity index (χ4n) is 1.24. The maximum Gasteiger partial charge on any atom is 0.303 e. The molecule has 0 atom stereocenters. The van der Waals surface area contributed by atoms with Crippen molar-refractivity contribution >= 4 is 17.7 Å². The minimum atomic E-state index is -0.974. The Kier molecular flexibility index (Phi) is 4.97. The molecule has 15 heavy (non-hydrogen) atoms. The van der Waals surface area contributed by atoms with E-state index in [2.05, 4.69) is 0 Å². The van der Waals surface area contributed by atoms with E-state index in [4.69, 9.17) is 10.2 Å². The molecule has 0 heterocycles. The summed E-state index contributed by atoms with van der Waals surface area (Å²) < 4.78 is 0. The molecule has 0 aromatic heterocycles. The first kappa shape index (κ1) is 13.6. The molecule has 0 saturated carbocycles. The number of carboxylic acids is 2. The number of Topliss-reactive ketones (excluding diaryl/α,β-unsaturated/α-hetero) is 1. The lowest BCUT2D eigenvalue weighted by Crippen LogP contribution is -2.27. The third-order valence-electron chi connectivity index (χ3n) is 2.63. The fourth-order valence-corrected chi connectivity index (χ4v) is 1.24. The summed E-state index contributed by atoms with van der Waals surface area (Å²) >= 11 is 0. The summed E-state index contributed by atoms with van der Waals surface area (Å²) in [7, 11) is 0. The molecule has 5 nitrogen and oxygen atoms in total. The average molecular weight is 216 g/mol. The Balaban J connectivity index is 4.38. The molecule has 5 heteroatoms. The van der Waals surface area contributed by atoms with Crippen LogP contribution in [-0.2, 0) is 14.4 Å². The van der Waals surface area contributed by atoms with E-state index in [1.54, 1.807) is 6.92 Å². The van der Waals surface area contributed by atoms with Gasteiger partial charge in [0.25, 0.3) is 0 Å². The van der Waals surface area contributed by atoms with Crippen molar-refractivity contribution in [3.05, 3.63) is 0 Å². The number of ketones is 1. The highest BCUT2D eigenvalue weighted by molar-refractivity contribution is 5.83. The summed E-state index contributed by atoms with van der Waals surface area (Å²) in [6.07, 6.45) is 0.140. The Morgan fingerprint density at radius 1 is 1.00 bits per heavy atom. The van der Waals surface area contributed by atoms with Crippen molar-refractivity contribution in [3.8, 4) is 0 Å². The standard InChI is InChI=1S/C10H16O5/c1-7(11)10(2,5-3-8(12)13)6-4-9(14)15/h3-6H2,1-2H3,(H,12,13)(H,14,15). The second-order valence-electron chi connectivity index (χ2n) is 3.90. The van der Waals surface area contributed by atoms with Gasteiger partial charge in [0.1, 0.15) is 5.78 Å². The van der Waals surface area contributed by atoms with E-state index >= 15 is 0 Å². The summed E-state index contributed by atoms with van der Waals surface area (Å²) in [5.41, 5.74) is -0.837. The molecular weight excluding hydrogens is 200 g/mol. The number of carbonyl (C=O) groups excluding carboxylic acids is 1. The number of hydrogen-bond donors (Lipinski definition) is 2. The predicted octanol–water partition coefficient (Wildman–Crippen LogP) is 1.31. The van der Waals surface area contributed by atoms with E-state index in [0.717, 1.165) is 0 Å². The van der Waals surface area contributed by atoms with Crippen LogP contribution in [0, 0.1) is 5.41 Å². The quantitative estimate of drug-likeness (QED) is 0.669. The van der Waals surface area contributed by atoms with E-state index in [1.165, 1.54) is 6.92 Å². The summed E-state index contributed by atoms with van der Waals surface area (Å²) in [6, 6.07) is 0. The third-order valence-corrected chi connectivity index (χ3v) is 2.63. The molecule has 0 unspecified atom stereocenters. The lowest BCUT2D eigenvalue weighted by Gasteiger charge is -2.25. The molecule has 0 aromatic rings. The van der Waals surface area contributed by atoms with Gasteiger partial charge in [-0.25, -0.2) is 0 Å². The molecule has 0 saturated heterocycles. The lowest BCUT2D eigenvalue weighted by atomic mass is 9.78. The highest BCUT2D eigenvalue weighted by atomic mass is 16.4. The van der Waals surface area contributed by atoms with Crippen LogP contribution in [0.4, 0.5) is 0 Å². The second-order valence-corrected chi connectivity index (χ2v) is 3.90. The Bertz CT molecular complexity index is 251. The molecule has 0 aliphatic rings. The summed E-state index contributed by atoms with van der Waals surface area (Å²) in [4.78, 5) is 32.1. The van der Waals surface area contributed by atoms with Crippen LogP contribution >= 0.6 is 0 Å². The SMILES string of the molecule is CC(=O)C(C)(CCC(=O)O)CCC(=O)O. The third kappa shape index (κ3) is 5.15. The summed E-state index contributed by atoms with van der Waals surface area (Å²) in [5.74, 6) is -2.11. The van der Waals surface area contributed by atoms with Crippen molar-refractivity contribution in [1.82, 2.24) is 0 Å². The van der Waals surface area contributed by atoms with Gasteiger partial charge in [-0.15, -0.1) is 0 Å². The van der Waals surface area contributed by atoms with Crippen molar-refractivity contribution in [1.29, 1.82) is 0 Å². The molecule has 0 rings (SSSR count). The normalized spacial score (nSPS) is 11.1. The fraction of sp³-hybridized carbons (Fsp3) is 0.700. The van der Waals surface area contributed by atoms with Crippen molar-refractivity contribution in [2.45, 2.75) is 39.5 Å². The topological polar surface area (TPSA) is 91.7 Å². The number of carbonyl (C=O) groups is 3. The van der Waals surface area contributed by atoms with Crippen molar-refractivity contribution in [2.24, 2.45) is 5.41 Å². The van der Waals surface area contributed by atoms with E-state index < -0.39 is 17.4 Å². The van der Waals surface area contributed by atoms with Crippen molar-refractivity contribution in [2.75, 3.05) is 0 Å². The molecule has 0 aliphatic carbocycles. The molecule has 0 bridgehead atoms. The minimum absolute atomic E-state index is 0.115. The van der Waals surface area contributed by atoms with Gasteiger partial charge in [0.15, 0.2) is 0 Å².